The maximum absolute atomic E-state index is 10.1. The number of aliphatic hydroxyl groups excluding tert-OH is 2. The van der Waals surface area contributed by atoms with Crippen molar-refractivity contribution in [3.05, 3.63) is 47.8 Å². The van der Waals surface area contributed by atoms with Gasteiger partial charge >= 0.3 is 29.6 Å². The molecule has 1 aliphatic heterocycles. The molecule has 146 valence electrons. The normalized spacial score (nSPS) is 21.4. The summed E-state index contributed by atoms with van der Waals surface area (Å²) in [4.78, 5) is 4.62. The molecular weight excluding hydrogens is 349 g/mol. The van der Waals surface area contributed by atoms with Crippen molar-refractivity contribution in [1.82, 2.24) is 4.98 Å². The number of hydrogen-bond donors (Lipinski definition) is 2. The van der Waals surface area contributed by atoms with Gasteiger partial charge in [0.15, 0.2) is 6.29 Å². The Kier molecular flexibility index (Phi) is 13.2. The molecule has 27 heavy (non-hydrogen) atoms. The van der Waals surface area contributed by atoms with E-state index in [1.807, 2.05) is 24.3 Å². The van der Waals surface area contributed by atoms with Crippen LogP contribution in [0.4, 0.5) is 0 Å². The van der Waals surface area contributed by atoms with Gasteiger partial charge in [0, 0.05) is 12.1 Å². The third-order valence-electron chi connectivity index (χ3n) is 4.60. The van der Waals surface area contributed by atoms with Crippen LogP contribution in [0.1, 0.15) is 69.7 Å². The Bertz CT molecular complexity index is 576. The van der Waals surface area contributed by atoms with Crippen LogP contribution in [-0.4, -0.2) is 63.3 Å². The topological polar surface area (TPSA) is 62.6 Å². The van der Waals surface area contributed by atoms with Gasteiger partial charge in [-0.05, 0) is 56.7 Å². The first kappa shape index (κ1) is 24.5. The van der Waals surface area contributed by atoms with E-state index in [-0.39, 0.29) is 35.7 Å². The fourth-order valence-corrected chi connectivity index (χ4v) is 3.12. The summed E-state index contributed by atoms with van der Waals surface area (Å²) < 4.78 is 5.56. The molecule has 4 nitrogen and oxygen atoms in total. The van der Waals surface area contributed by atoms with Gasteiger partial charge in [-0.3, -0.25) is 4.98 Å². The molecule has 0 bridgehead atoms. The van der Waals surface area contributed by atoms with Gasteiger partial charge in [0.1, 0.15) is 0 Å². The van der Waals surface area contributed by atoms with Gasteiger partial charge < -0.3 is 14.9 Å². The molecule has 1 aromatic rings. The van der Waals surface area contributed by atoms with Gasteiger partial charge in [0.25, 0.3) is 0 Å². The van der Waals surface area contributed by atoms with Crippen LogP contribution in [0, 0.1) is 0 Å². The second-order valence-electron chi connectivity index (χ2n) is 7.03. The van der Waals surface area contributed by atoms with Crippen LogP contribution in [0.25, 0.3) is 6.08 Å². The molecule has 1 fully saturated rings. The van der Waals surface area contributed by atoms with Crippen LogP contribution >= 0.6 is 0 Å². The van der Waals surface area contributed by atoms with E-state index in [1.165, 1.54) is 19.3 Å². The number of ether oxygens (including phenoxy) is 1. The summed E-state index contributed by atoms with van der Waals surface area (Å²) in [5.74, 6) is 0. The van der Waals surface area contributed by atoms with E-state index in [0.29, 0.717) is 12.8 Å². The van der Waals surface area contributed by atoms with Crippen LogP contribution in [0.3, 0.4) is 0 Å². The first-order valence-corrected chi connectivity index (χ1v) is 9.98. The average molecular weight is 384 g/mol. The fourth-order valence-electron chi connectivity index (χ4n) is 3.12. The van der Waals surface area contributed by atoms with E-state index in [1.54, 1.807) is 6.08 Å². The monoisotopic (exact) mass is 383 g/mol. The number of rotatable bonds is 10. The molecule has 3 unspecified atom stereocenters. The van der Waals surface area contributed by atoms with E-state index >= 15 is 0 Å². The molecule has 2 heterocycles. The average Bonchev–Trinajstić information content (AvgIpc) is 2.63. The van der Waals surface area contributed by atoms with Crippen molar-refractivity contribution in [1.29, 1.82) is 0 Å². The first-order valence-electron chi connectivity index (χ1n) is 9.98. The minimum absolute atomic E-state index is 0. The SMILES string of the molecule is CCCCC/C=C/CC(O)/C=C/c1cccc(CC2CCCC(O)O2)n1.[NaH]. The van der Waals surface area contributed by atoms with Gasteiger partial charge in [-0.15, -0.1) is 0 Å². The molecule has 0 aliphatic carbocycles. The summed E-state index contributed by atoms with van der Waals surface area (Å²) in [7, 11) is 0. The summed E-state index contributed by atoms with van der Waals surface area (Å²) in [6.45, 7) is 2.20. The van der Waals surface area contributed by atoms with Crippen molar-refractivity contribution in [2.75, 3.05) is 0 Å². The van der Waals surface area contributed by atoms with Crippen LogP contribution in [0.5, 0.6) is 0 Å². The zero-order valence-corrected chi connectivity index (χ0v) is 15.9. The second-order valence-corrected chi connectivity index (χ2v) is 7.03. The molecule has 3 atom stereocenters. The van der Waals surface area contributed by atoms with Crippen molar-refractivity contribution in [2.45, 2.75) is 83.2 Å². The summed E-state index contributed by atoms with van der Waals surface area (Å²) in [5, 5.41) is 19.7. The summed E-state index contributed by atoms with van der Waals surface area (Å²) >= 11 is 0. The van der Waals surface area contributed by atoms with Crippen LogP contribution in [0.15, 0.2) is 36.4 Å². The summed E-state index contributed by atoms with van der Waals surface area (Å²) in [6.07, 6.45) is 15.6. The standard InChI is InChI=1S/C22H33NO3.Na.H/c1-2-3-4-5-6-7-12-20(24)16-15-18-10-8-11-19(23-18)17-21-13-9-14-22(25)26-21;;/h6-8,10-11,15-16,20-22,24-25H,2-5,9,12-14,17H2,1H3;;/b7-6+,16-15+;;. The van der Waals surface area contributed by atoms with E-state index < -0.39 is 12.4 Å². The maximum atomic E-state index is 10.1. The van der Waals surface area contributed by atoms with Gasteiger partial charge in [0.05, 0.1) is 17.9 Å². The number of aliphatic hydroxyl groups is 2. The zero-order chi connectivity index (χ0) is 18.6. The molecule has 0 aromatic carbocycles. The predicted molar refractivity (Wildman–Crippen MR) is 113 cm³/mol. The number of unbranched alkanes of at least 4 members (excludes halogenated alkanes) is 3. The van der Waals surface area contributed by atoms with Gasteiger partial charge in [-0.25, -0.2) is 0 Å². The Morgan fingerprint density at radius 3 is 2.89 bits per heavy atom. The van der Waals surface area contributed by atoms with Crippen molar-refractivity contribution in [3.8, 4) is 0 Å². The second kappa shape index (κ2) is 14.5. The Morgan fingerprint density at radius 2 is 2.11 bits per heavy atom. The zero-order valence-electron chi connectivity index (χ0n) is 15.9. The van der Waals surface area contributed by atoms with Crippen LogP contribution in [-0.2, 0) is 11.2 Å². The molecule has 5 heteroatoms. The number of nitrogens with zero attached hydrogens (tertiary/aromatic N) is 1. The molecular formula is C22H34NNaO3. The van der Waals surface area contributed by atoms with Crippen LogP contribution < -0.4 is 0 Å². The Labute approximate surface area is 186 Å². The van der Waals surface area contributed by atoms with Crippen molar-refractivity contribution >= 4 is 35.6 Å². The van der Waals surface area contributed by atoms with E-state index in [9.17, 15) is 10.2 Å². The number of pyridine rings is 1. The molecule has 0 spiro atoms. The predicted octanol–water partition coefficient (Wildman–Crippen LogP) is 3.76. The molecule has 2 N–H and O–H groups in total. The Balaban J connectivity index is 0.00000364. The summed E-state index contributed by atoms with van der Waals surface area (Å²) in [6, 6.07) is 5.89. The van der Waals surface area contributed by atoms with Gasteiger partial charge in [-0.1, -0.05) is 44.1 Å². The molecule has 2 rings (SSSR count). The number of allylic oxidation sites excluding steroid dienone is 1. The minimum atomic E-state index is -0.637. The number of aromatic nitrogens is 1. The third-order valence-corrected chi connectivity index (χ3v) is 4.60. The van der Waals surface area contributed by atoms with E-state index in [4.69, 9.17) is 4.74 Å². The number of hydrogen-bond acceptors (Lipinski definition) is 4. The van der Waals surface area contributed by atoms with Crippen molar-refractivity contribution in [3.63, 3.8) is 0 Å². The molecule has 1 aromatic heterocycles. The van der Waals surface area contributed by atoms with E-state index in [0.717, 1.165) is 37.1 Å². The molecule has 1 aliphatic rings. The molecule has 1 saturated heterocycles. The first-order chi connectivity index (χ1) is 12.7. The van der Waals surface area contributed by atoms with Gasteiger partial charge in [-0.2, -0.15) is 0 Å². The third kappa shape index (κ3) is 10.6. The summed E-state index contributed by atoms with van der Waals surface area (Å²) in [5.41, 5.74) is 1.79. The Morgan fingerprint density at radius 1 is 1.26 bits per heavy atom. The van der Waals surface area contributed by atoms with Gasteiger partial charge in [0.2, 0.25) is 0 Å². The molecule has 0 amide bonds. The van der Waals surface area contributed by atoms with E-state index in [2.05, 4.69) is 24.1 Å². The fraction of sp³-hybridized carbons (Fsp3) is 0.591. The quantitative estimate of drug-likeness (QED) is 0.367. The molecule has 0 radical (unpaired) electrons. The van der Waals surface area contributed by atoms with Crippen LogP contribution in [0.2, 0.25) is 0 Å². The Hall–Kier alpha value is -0.490. The van der Waals surface area contributed by atoms with Crippen molar-refractivity contribution in [2.24, 2.45) is 0 Å². The van der Waals surface area contributed by atoms with Crippen molar-refractivity contribution < 1.29 is 14.9 Å². The molecule has 0 saturated carbocycles.